The lowest BCUT2D eigenvalue weighted by atomic mass is 10.1. The van der Waals surface area contributed by atoms with E-state index < -0.39 is 0 Å². The number of hydrogen-bond acceptors (Lipinski definition) is 3. The van der Waals surface area contributed by atoms with E-state index in [1.165, 1.54) is 0 Å². The first kappa shape index (κ1) is 15.1. The fourth-order valence-corrected chi connectivity index (χ4v) is 2.52. The Morgan fingerprint density at radius 2 is 2.05 bits per heavy atom. The molecule has 0 atom stereocenters. The highest BCUT2D eigenvalue weighted by Crippen LogP contribution is 2.22. The van der Waals surface area contributed by atoms with Gasteiger partial charge in [-0.3, -0.25) is 4.79 Å². The molecule has 1 aromatic rings. The van der Waals surface area contributed by atoms with E-state index in [2.05, 4.69) is 0 Å². The summed E-state index contributed by atoms with van der Waals surface area (Å²) in [6.07, 6.45) is 1.94. The molecule has 0 bridgehead atoms. The van der Waals surface area contributed by atoms with Gasteiger partial charge in [0.1, 0.15) is 5.75 Å². The quantitative estimate of drug-likeness (QED) is 0.784. The third-order valence-corrected chi connectivity index (χ3v) is 3.65. The SMILES string of the molecule is COc1ccccc1C(=O)N1CCC(OCCCl)CC1. The molecule has 0 N–H and O–H groups in total. The number of benzene rings is 1. The topological polar surface area (TPSA) is 38.8 Å². The van der Waals surface area contributed by atoms with E-state index in [0.29, 0.717) is 36.9 Å². The number of para-hydroxylation sites is 1. The Balaban J connectivity index is 1.94. The molecular formula is C15H20ClNO3. The van der Waals surface area contributed by atoms with Crippen molar-refractivity contribution in [1.29, 1.82) is 0 Å². The standard InChI is InChI=1S/C15H20ClNO3/c1-19-14-5-3-2-4-13(14)15(18)17-9-6-12(7-10-17)20-11-8-16/h2-5,12H,6-11H2,1H3. The minimum atomic E-state index is 0.0262. The molecule has 0 radical (unpaired) electrons. The maximum Gasteiger partial charge on any atom is 0.257 e. The Morgan fingerprint density at radius 3 is 2.70 bits per heavy atom. The zero-order chi connectivity index (χ0) is 14.4. The van der Waals surface area contributed by atoms with Crippen LogP contribution in [0.15, 0.2) is 24.3 Å². The van der Waals surface area contributed by atoms with E-state index >= 15 is 0 Å². The lowest BCUT2D eigenvalue weighted by Crippen LogP contribution is -2.41. The number of ether oxygens (including phenoxy) is 2. The van der Waals surface area contributed by atoms with Crippen LogP contribution >= 0.6 is 11.6 Å². The van der Waals surface area contributed by atoms with Gasteiger partial charge in [0.25, 0.3) is 5.91 Å². The summed E-state index contributed by atoms with van der Waals surface area (Å²) in [6, 6.07) is 7.33. The van der Waals surface area contributed by atoms with E-state index in [-0.39, 0.29) is 12.0 Å². The number of amides is 1. The van der Waals surface area contributed by atoms with Crippen molar-refractivity contribution in [3.63, 3.8) is 0 Å². The minimum absolute atomic E-state index is 0.0262. The average molecular weight is 298 g/mol. The largest absolute Gasteiger partial charge is 0.496 e. The molecular weight excluding hydrogens is 278 g/mol. The van der Waals surface area contributed by atoms with Crippen molar-refractivity contribution >= 4 is 17.5 Å². The van der Waals surface area contributed by atoms with Crippen molar-refractivity contribution in [2.24, 2.45) is 0 Å². The lowest BCUT2D eigenvalue weighted by molar-refractivity contribution is 0.0153. The molecule has 0 unspecified atom stereocenters. The van der Waals surface area contributed by atoms with Crippen molar-refractivity contribution in [2.75, 3.05) is 32.7 Å². The molecule has 1 heterocycles. The van der Waals surface area contributed by atoms with E-state index in [1.807, 2.05) is 23.1 Å². The van der Waals surface area contributed by atoms with Gasteiger partial charge >= 0.3 is 0 Å². The molecule has 5 heteroatoms. The molecule has 1 aromatic carbocycles. The predicted octanol–water partition coefficient (Wildman–Crippen LogP) is 2.56. The van der Waals surface area contributed by atoms with Crippen LogP contribution in [0, 0.1) is 0 Å². The van der Waals surface area contributed by atoms with Gasteiger partial charge in [0.15, 0.2) is 0 Å². The van der Waals surface area contributed by atoms with Gasteiger partial charge in [0, 0.05) is 19.0 Å². The summed E-state index contributed by atoms with van der Waals surface area (Å²) in [6.45, 7) is 2.00. The number of likely N-dealkylation sites (tertiary alicyclic amines) is 1. The predicted molar refractivity (Wildman–Crippen MR) is 78.6 cm³/mol. The normalized spacial score (nSPS) is 16.2. The van der Waals surface area contributed by atoms with Crippen molar-refractivity contribution in [3.05, 3.63) is 29.8 Å². The number of carbonyl (C=O) groups excluding carboxylic acids is 1. The van der Waals surface area contributed by atoms with Gasteiger partial charge in [-0.2, -0.15) is 0 Å². The second-order valence-corrected chi connectivity index (χ2v) is 5.13. The number of carbonyl (C=O) groups is 1. The van der Waals surface area contributed by atoms with E-state index in [0.717, 1.165) is 12.8 Å². The number of alkyl halides is 1. The number of methoxy groups -OCH3 is 1. The van der Waals surface area contributed by atoms with Gasteiger partial charge in [-0.1, -0.05) is 12.1 Å². The van der Waals surface area contributed by atoms with Crippen LogP contribution in [0.2, 0.25) is 0 Å². The van der Waals surface area contributed by atoms with E-state index in [4.69, 9.17) is 21.1 Å². The van der Waals surface area contributed by atoms with Gasteiger partial charge in [-0.05, 0) is 25.0 Å². The van der Waals surface area contributed by atoms with Crippen molar-refractivity contribution in [3.8, 4) is 5.75 Å². The molecule has 1 aliphatic rings. The summed E-state index contributed by atoms with van der Waals surface area (Å²) in [5.74, 6) is 1.16. The first-order valence-electron chi connectivity index (χ1n) is 6.86. The van der Waals surface area contributed by atoms with Crippen LogP contribution in [-0.4, -0.2) is 49.6 Å². The van der Waals surface area contributed by atoms with Crippen LogP contribution in [0.1, 0.15) is 23.2 Å². The number of piperidine rings is 1. The molecule has 20 heavy (non-hydrogen) atoms. The molecule has 1 amide bonds. The van der Waals surface area contributed by atoms with Crippen LogP contribution in [0.25, 0.3) is 0 Å². The van der Waals surface area contributed by atoms with Crippen LogP contribution in [0.4, 0.5) is 0 Å². The van der Waals surface area contributed by atoms with Crippen LogP contribution in [0.5, 0.6) is 5.75 Å². The molecule has 1 aliphatic heterocycles. The minimum Gasteiger partial charge on any atom is -0.496 e. The second-order valence-electron chi connectivity index (χ2n) is 4.75. The molecule has 2 rings (SSSR count). The fraction of sp³-hybridized carbons (Fsp3) is 0.533. The number of rotatable bonds is 5. The maximum atomic E-state index is 12.5. The molecule has 0 aliphatic carbocycles. The zero-order valence-corrected chi connectivity index (χ0v) is 12.4. The van der Waals surface area contributed by atoms with Gasteiger partial charge in [0.05, 0.1) is 25.4 Å². The Morgan fingerprint density at radius 1 is 1.35 bits per heavy atom. The smallest absolute Gasteiger partial charge is 0.257 e. The third kappa shape index (κ3) is 3.64. The summed E-state index contributed by atoms with van der Waals surface area (Å²) < 4.78 is 10.9. The molecule has 1 saturated heterocycles. The van der Waals surface area contributed by atoms with Gasteiger partial charge < -0.3 is 14.4 Å². The summed E-state index contributed by atoms with van der Waals surface area (Å²) in [5.41, 5.74) is 0.620. The van der Waals surface area contributed by atoms with Crippen LogP contribution in [-0.2, 0) is 4.74 Å². The number of halogens is 1. The Labute approximate surface area is 124 Å². The van der Waals surface area contributed by atoms with Gasteiger partial charge in [0.2, 0.25) is 0 Å². The Kier molecular flexibility index (Phi) is 5.68. The molecule has 1 fully saturated rings. The van der Waals surface area contributed by atoms with Crippen molar-refractivity contribution < 1.29 is 14.3 Å². The van der Waals surface area contributed by atoms with Crippen molar-refractivity contribution in [1.82, 2.24) is 4.90 Å². The molecule has 110 valence electrons. The van der Waals surface area contributed by atoms with Crippen LogP contribution in [0.3, 0.4) is 0 Å². The van der Waals surface area contributed by atoms with Crippen LogP contribution < -0.4 is 4.74 Å². The summed E-state index contributed by atoms with van der Waals surface area (Å²) in [7, 11) is 1.58. The Bertz CT molecular complexity index is 444. The molecule has 0 spiro atoms. The second kappa shape index (κ2) is 7.50. The first-order chi connectivity index (χ1) is 9.76. The first-order valence-corrected chi connectivity index (χ1v) is 7.39. The molecule has 0 aromatic heterocycles. The fourth-order valence-electron chi connectivity index (χ4n) is 2.43. The number of hydrogen-bond donors (Lipinski definition) is 0. The van der Waals surface area contributed by atoms with E-state index in [9.17, 15) is 4.79 Å². The summed E-state index contributed by atoms with van der Waals surface area (Å²) in [5, 5.41) is 0. The molecule has 0 saturated carbocycles. The Hall–Kier alpha value is -1.26. The monoisotopic (exact) mass is 297 g/mol. The van der Waals surface area contributed by atoms with Gasteiger partial charge in [-0.25, -0.2) is 0 Å². The third-order valence-electron chi connectivity index (χ3n) is 3.50. The average Bonchev–Trinajstić information content (AvgIpc) is 2.52. The highest BCUT2D eigenvalue weighted by molar-refractivity contribution is 6.17. The van der Waals surface area contributed by atoms with Crippen molar-refractivity contribution in [2.45, 2.75) is 18.9 Å². The summed E-state index contributed by atoms with van der Waals surface area (Å²) >= 11 is 5.61. The summed E-state index contributed by atoms with van der Waals surface area (Å²) in [4.78, 5) is 14.3. The van der Waals surface area contributed by atoms with Gasteiger partial charge in [-0.15, -0.1) is 11.6 Å². The zero-order valence-electron chi connectivity index (χ0n) is 11.7. The maximum absolute atomic E-state index is 12.5. The molecule has 4 nitrogen and oxygen atoms in total. The number of nitrogens with zero attached hydrogens (tertiary/aromatic N) is 1. The highest BCUT2D eigenvalue weighted by atomic mass is 35.5. The lowest BCUT2D eigenvalue weighted by Gasteiger charge is -2.32. The highest BCUT2D eigenvalue weighted by Gasteiger charge is 2.25. The van der Waals surface area contributed by atoms with E-state index in [1.54, 1.807) is 13.2 Å².